The standard InChI is InChI=1S/C8H7F6NS/c9-7(10,11)6(8(12,13)14)5(15)4-2-1-3-16-4/h1-3,5-6H,15H2. The molecule has 8 heteroatoms. The summed E-state index contributed by atoms with van der Waals surface area (Å²) in [4.78, 5) is -0.139. The van der Waals surface area contributed by atoms with Crippen LogP contribution >= 0.6 is 11.3 Å². The zero-order chi connectivity index (χ0) is 12.6. The van der Waals surface area contributed by atoms with Gasteiger partial charge < -0.3 is 5.73 Å². The Labute approximate surface area is 90.9 Å². The van der Waals surface area contributed by atoms with Gasteiger partial charge in [0, 0.05) is 4.88 Å². The molecule has 2 N–H and O–H groups in total. The number of rotatable bonds is 2. The molecule has 0 spiro atoms. The fraction of sp³-hybridized carbons (Fsp3) is 0.500. The molecule has 1 heterocycles. The molecule has 1 atom stereocenters. The summed E-state index contributed by atoms with van der Waals surface area (Å²) in [6, 6.07) is 0.392. The molecule has 16 heavy (non-hydrogen) atoms. The molecule has 1 aromatic rings. The molecule has 1 nitrogen and oxygen atoms in total. The summed E-state index contributed by atoms with van der Waals surface area (Å²) < 4.78 is 73.6. The zero-order valence-electron chi connectivity index (χ0n) is 7.64. The minimum Gasteiger partial charge on any atom is -0.322 e. The zero-order valence-corrected chi connectivity index (χ0v) is 8.46. The van der Waals surface area contributed by atoms with Crippen LogP contribution in [0.2, 0.25) is 0 Å². The number of thiophene rings is 1. The summed E-state index contributed by atoms with van der Waals surface area (Å²) in [6.07, 6.45) is -10.8. The van der Waals surface area contributed by atoms with Gasteiger partial charge in [0.1, 0.15) is 0 Å². The predicted octanol–water partition coefficient (Wildman–Crippen LogP) is 3.49. The highest BCUT2D eigenvalue weighted by Gasteiger charge is 2.59. The van der Waals surface area contributed by atoms with Crippen molar-refractivity contribution in [2.75, 3.05) is 0 Å². The maximum absolute atomic E-state index is 12.3. The Morgan fingerprint density at radius 2 is 1.56 bits per heavy atom. The van der Waals surface area contributed by atoms with Crippen molar-refractivity contribution in [2.24, 2.45) is 11.7 Å². The van der Waals surface area contributed by atoms with Gasteiger partial charge in [-0.1, -0.05) is 6.07 Å². The molecule has 1 unspecified atom stereocenters. The first kappa shape index (κ1) is 13.3. The van der Waals surface area contributed by atoms with Gasteiger partial charge in [-0.3, -0.25) is 0 Å². The highest BCUT2D eigenvalue weighted by atomic mass is 32.1. The van der Waals surface area contributed by atoms with Gasteiger partial charge in [-0.05, 0) is 11.4 Å². The van der Waals surface area contributed by atoms with Gasteiger partial charge in [0.05, 0.1) is 6.04 Å². The van der Waals surface area contributed by atoms with Crippen LogP contribution in [0.5, 0.6) is 0 Å². The lowest BCUT2D eigenvalue weighted by Gasteiger charge is -2.27. The van der Waals surface area contributed by atoms with E-state index in [1.165, 1.54) is 11.4 Å². The molecule has 0 aliphatic rings. The third-order valence-electron chi connectivity index (χ3n) is 1.94. The summed E-state index contributed by atoms with van der Waals surface area (Å²) >= 11 is 0.767. The third kappa shape index (κ3) is 2.88. The quantitative estimate of drug-likeness (QED) is 0.812. The molecule has 0 radical (unpaired) electrons. The van der Waals surface area contributed by atoms with E-state index in [0.717, 1.165) is 17.4 Å². The molecule has 0 aliphatic carbocycles. The monoisotopic (exact) mass is 263 g/mol. The van der Waals surface area contributed by atoms with Gasteiger partial charge in [-0.2, -0.15) is 26.3 Å². The largest absolute Gasteiger partial charge is 0.402 e. The van der Waals surface area contributed by atoms with Crippen molar-refractivity contribution >= 4 is 11.3 Å². The van der Waals surface area contributed by atoms with Crippen LogP contribution in [0, 0.1) is 5.92 Å². The van der Waals surface area contributed by atoms with Crippen molar-refractivity contribution in [3.63, 3.8) is 0 Å². The molecule has 0 saturated heterocycles. The van der Waals surface area contributed by atoms with Gasteiger partial charge in [-0.25, -0.2) is 0 Å². The average Bonchev–Trinajstić information content (AvgIpc) is 2.48. The first-order valence-corrected chi connectivity index (χ1v) is 4.94. The number of hydrogen-bond donors (Lipinski definition) is 1. The number of hydrogen-bond acceptors (Lipinski definition) is 2. The lowest BCUT2D eigenvalue weighted by Crippen LogP contribution is -2.43. The molecule has 0 aliphatic heterocycles. The second-order valence-corrected chi connectivity index (χ2v) is 4.08. The van der Waals surface area contributed by atoms with E-state index in [1.807, 2.05) is 0 Å². The van der Waals surface area contributed by atoms with Gasteiger partial charge in [0.25, 0.3) is 0 Å². The van der Waals surface area contributed by atoms with Crippen molar-refractivity contribution < 1.29 is 26.3 Å². The minimum absolute atomic E-state index is 0.139. The molecular formula is C8H7F6NS. The molecule has 0 fully saturated rings. The Bertz CT molecular complexity index is 313. The highest BCUT2D eigenvalue weighted by Crippen LogP contribution is 2.46. The van der Waals surface area contributed by atoms with E-state index < -0.39 is 24.3 Å². The summed E-state index contributed by atoms with van der Waals surface area (Å²) in [5.74, 6) is -3.53. The van der Waals surface area contributed by atoms with Crippen molar-refractivity contribution in [2.45, 2.75) is 18.4 Å². The van der Waals surface area contributed by atoms with Gasteiger partial charge in [-0.15, -0.1) is 11.3 Å². The predicted molar refractivity (Wildman–Crippen MR) is 46.8 cm³/mol. The van der Waals surface area contributed by atoms with Crippen molar-refractivity contribution in [3.05, 3.63) is 22.4 Å². The second-order valence-electron chi connectivity index (χ2n) is 3.10. The molecule has 92 valence electrons. The van der Waals surface area contributed by atoms with Gasteiger partial charge in [0.2, 0.25) is 0 Å². The first-order valence-electron chi connectivity index (χ1n) is 4.06. The van der Waals surface area contributed by atoms with Crippen molar-refractivity contribution in [3.8, 4) is 0 Å². The average molecular weight is 263 g/mol. The van der Waals surface area contributed by atoms with Crippen LogP contribution in [0.3, 0.4) is 0 Å². The van der Waals surface area contributed by atoms with E-state index >= 15 is 0 Å². The van der Waals surface area contributed by atoms with Crippen molar-refractivity contribution in [1.29, 1.82) is 0 Å². The fourth-order valence-electron chi connectivity index (χ4n) is 1.24. The molecule has 1 aromatic heterocycles. The summed E-state index contributed by atoms with van der Waals surface area (Å²) in [5, 5.41) is 1.37. The van der Waals surface area contributed by atoms with E-state index in [4.69, 9.17) is 5.73 Å². The summed E-state index contributed by atoms with van der Waals surface area (Å²) in [7, 11) is 0. The van der Waals surface area contributed by atoms with Crippen LogP contribution in [0.1, 0.15) is 10.9 Å². The third-order valence-corrected chi connectivity index (χ3v) is 2.91. The lowest BCUT2D eigenvalue weighted by molar-refractivity contribution is -0.290. The Balaban J connectivity index is 3.04. The maximum atomic E-state index is 12.3. The fourth-order valence-corrected chi connectivity index (χ4v) is 2.00. The number of alkyl halides is 6. The lowest BCUT2D eigenvalue weighted by atomic mass is 9.98. The van der Waals surface area contributed by atoms with E-state index in [9.17, 15) is 26.3 Å². The van der Waals surface area contributed by atoms with Crippen LogP contribution in [-0.4, -0.2) is 12.4 Å². The van der Waals surface area contributed by atoms with E-state index in [-0.39, 0.29) is 4.88 Å². The molecule has 0 amide bonds. The highest BCUT2D eigenvalue weighted by molar-refractivity contribution is 7.10. The van der Waals surface area contributed by atoms with Crippen molar-refractivity contribution in [1.82, 2.24) is 0 Å². The smallest absolute Gasteiger partial charge is 0.322 e. The van der Waals surface area contributed by atoms with E-state index in [0.29, 0.717) is 0 Å². The van der Waals surface area contributed by atoms with E-state index in [2.05, 4.69) is 0 Å². The van der Waals surface area contributed by atoms with Crippen LogP contribution < -0.4 is 5.73 Å². The molecular weight excluding hydrogens is 256 g/mol. The Morgan fingerprint density at radius 1 is 1.06 bits per heavy atom. The number of nitrogens with two attached hydrogens (primary N) is 1. The van der Waals surface area contributed by atoms with Crippen LogP contribution in [0.25, 0.3) is 0 Å². The molecule has 0 saturated carbocycles. The van der Waals surface area contributed by atoms with Crippen LogP contribution in [0.4, 0.5) is 26.3 Å². The maximum Gasteiger partial charge on any atom is 0.402 e. The van der Waals surface area contributed by atoms with E-state index in [1.54, 1.807) is 0 Å². The molecule has 1 rings (SSSR count). The minimum atomic E-state index is -5.40. The summed E-state index contributed by atoms with van der Waals surface area (Å²) in [6.45, 7) is 0. The Morgan fingerprint density at radius 3 is 1.88 bits per heavy atom. The summed E-state index contributed by atoms with van der Waals surface area (Å²) in [5.41, 5.74) is 5.03. The van der Waals surface area contributed by atoms with Crippen LogP contribution in [-0.2, 0) is 0 Å². The Kier molecular flexibility index (Phi) is 3.53. The second kappa shape index (κ2) is 4.25. The molecule has 0 bridgehead atoms. The van der Waals surface area contributed by atoms with Gasteiger partial charge >= 0.3 is 12.4 Å². The molecule has 0 aromatic carbocycles. The van der Waals surface area contributed by atoms with Gasteiger partial charge in [0.15, 0.2) is 5.92 Å². The topological polar surface area (TPSA) is 26.0 Å². The first-order chi connectivity index (χ1) is 7.14. The van der Waals surface area contributed by atoms with Crippen LogP contribution in [0.15, 0.2) is 17.5 Å². The Hall–Kier alpha value is -0.760. The number of halogens is 6. The SMILES string of the molecule is NC(c1cccs1)C(C(F)(F)F)C(F)(F)F. The normalized spacial score (nSPS) is 15.5.